The Morgan fingerprint density at radius 3 is 2.38 bits per heavy atom. The number of fused-ring (bicyclic) bond motifs is 4. The molecule has 1 aliphatic carbocycles. The van der Waals surface area contributed by atoms with E-state index in [4.69, 9.17) is 18.9 Å². The quantitative estimate of drug-likeness (QED) is 0.461. The van der Waals surface area contributed by atoms with Crippen LogP contribution in [0.15, 0.2) is 53.6 Å². The Morgan fingerprint density at radius 1 is 1.05 bits per heavy atom. The number of hydrazone groups is 1. The van der Waals surface area contributed by atoms with Gasteiger partial charge in [0.25, 0.3) is 5.79 Å². The molecule has 2 aromatic carbocycles. The number of rotatable bonds is 4. The molecule has 37 heavy (non-hydrogen) atoms. The fraction of sp³-hybridized carbons (Fsp3) is 0.429. The van der Waals surface area contributed by atoms with Crippen molar-refractivity contribution in [3.63, 3.8) is 0 Å². The van der Waals surface area contributed by atoms with Crippen molar-refractivity contribution in [1.82, 2.24) is 5.01 Å². The first-order valence-corrected chi connectivity index (χ1v) is 12.6. The lowest BCUT2D eigenvalue weighted by Gasteiger charge is -2.45. The molecule has 0 amide bonds. The molecule has 2 aromatic rings. The van der Waals surface area contributed by atoms with Crippen molar-refractivity contribution in [1.29, 1.82) is 0 Å². The molecule has 3 atom stereocenters. The number of nitrogens with zero attached hydrogens (tertiary/aromatic N) is 2. The van der Waals surface area contributed by atoms with Crippen molar-refractivity contribution in [3.8, 4) is 5.75 Å². The maximum absolute atomic E-state index is 14.3. The van der Waals surface area contributed by atoms with Gasteiger partial charge in [0.05, 0.1) is 19.9 Å². The van der Waals surface area contributed by atoms with Crippen LogP contribution in [-0.4, -0.2) is 54.7 Å². The fourth-order valence-electron chi connectivity index (χ4n) is 6.41. The third-order valence-corrected chi connectivity index (χ3v) is 8.01. The van der Waals surface area contributed by atoms with Gasteiger partial charge in [-0.15, -0.1) is 0 Å². The molecule has 3 heterocycles. The lowest BCUT2D eigenvalue weighted by atomic mass is 9.65. The Balaban J connectivity index is 1.60. The molecule has 0 N–H and O–H groups in total. The molecule has 6 rings (SSSR count). The van der Waals surface area contributed by atoms with E-state index in [1.807, 2.05) is 24.3 Å². The average molecular weight is 505 g/mol. The van der Waals surface area contributed by atoms with Crippen LogP contribution in [-0.2, 0) is 28.6 Å². The highest BCUT2D eigenvalue weighted by molar-refractivity contribution is 6.06. The van der Waals surface area contributed by atoms with Gasteiger partial charge < -0.3 is 18.9 Å². The first-order chi connectivity index (χ1) is 17.9. The summed E-state index contributed by atoms with van der Waals surface area (Å²) in [6.45, 7) is 1.85. The Morgan fingerprint density at radius 2 is 1.73 bits per heavy atom. The van der Waals surface area contributed by atoms with Crippen molar-refractivity contribution in [2.45, 2.75) is 56.4 Å². The van der Waals surface area contributed by atoms with Crippen molar-refractivity contribution in [2.24, 2.45) is 10.5 Å². The van der Waals surface area contributed by atoms with Crippen LogP contribution in [0.4, 0.5) is 0 Å². The van der Waals surface area contributed by atoms with Gasteiger partial charge in [0, 0.05) is 18.8 Å². The zero-order valence-electron chi connectivity index (χ0n) is 20.7. The summed E-state index contributed by atoms with van der Waals surface area (Å²) in [4.78, 5) is 42.2. The van der Waals surface area contributed by atoms with Gasteiger partial charge >= 0.3 is 17.9 Å². The lowest BCUT2D eigenvalue weighted by Crippen LogP contribution is -2.59. The zero-order valence-corrected chi connectivity index (χ0v) is 20.7. The number of methoxy groups -OCH3 is 1. The van der Waals surface area contributed by atoms with E-state index in [-0.39, 0.29) is 6.61 Å². The minimum atomic E-state index is -1.88. The smallest absolute Gasteiger partial charge is 0.331 e. The number of carbonyl (C=O) groups is 3. The van der Waals surface area contributed by atoms with Crippen molar-refractivity contribution in [3.05, 3.63) is 65.2 Å². The molecule has 0 aromatic heterocycles. The first-order valence-electron chi connectivity index (χ1n) is 12.6. The van der Waals surface area contributed by atoms with Crippen LogP contribution in [0.5, 0.6) is 5.75 Å². The normalized spacial score (nSPS) is 26.4. The summed E-state index contributed by atoms with van der Waals surface area (Å²) in [7, 11) is 1.55. The summed E-state index contributed by atoms with van der Waals surface area (Å²) in [5.41, 5.74) is 0.146. The minimum absolute atomic E-state index is 0.133. The summed E-state index contributed by atoms with van der Waals surface area (Å²) >= 11 is 0. The maximum Gasteiger partial charge on any atom is 0.331 e. The van der Waals surface area contributed by atoms with Crippen LogP contribution < -0.4 is 4.74 Å². The van der Waals surface area contributed by atoms with Crippen LogP contribution in [0, 0.1) is 5.41 Å². The maximum atomic E-state index is 14.3. The number of hydrogen-bond donors (Lipinski definition) is 0. The van der Waals surface area contributed by atoms with Gasteiger partial charge in [-0.25, -0.2) is 4.79 Å². The molecule has 0 bridgehead atoms. The first kappa shape index (κ1) is 23.5. The predicted molar refractivity (Wildman–Crippen MR) is 131 cm³/mol. The molecule has 0 radical (unpaired) electrons. The molecule has 192 valence electrons. The molecule has 9 nitrogen and oxygen atoms in total. The van der Waals surface area contributed by atoms with Crippen LogP contribution in [0.1, 0.15) is 61.3 Å². The molecular weight excluding hydrogens is 476 g/mol. The number of ether oxygens (including phenoxy) is 4. The molecule has 2 spiro atoms. The molecule has 2 saturated heterocycles. The third-order valence-electron chi connectivity index (χ3n) is 8.01. The molecular formula is C28H28N2O7. The Hall–Kier alpha value is -3.88. The van der Waals surface area contributed by atoms with E-state index < -0.39 is 47.1 Å². The second-order valence-corrected chi connectivity index (χ2v) is 9.87. The summed E-state index contributed by atoms with van der Waals surface area (Å²) in [6, 6.07) is 12.4. The molecule has 3 fully saturated rings. The molecule has 1 unspecified atom stereocenters. The van der Waals surface area contributed by atoms with Crippen molar-refractivity contribution < 1.29 is 33.3 Å². The van der Waals surface area contributed by atoms with Crippen molar-refractivity contribution >= 4 is 24.1 Å². The van der Waals surface area contributed by atoms with E-state index in [1.54, 1.807) is 44.5 Å². The monoisotopic (exact) mass is 504 g/mol. The topological polar surface area (TPSA) is 104 Å². The van der Waals surface area contributed by atoms with E-state index in [0.29, 0.717) is 29.7 Å². The van der Waals surface area contributed by atoms with E-state index >= 15 is 0 Å². The second-order valence-electron chi connectivity index (χ2n) is 9.87. The standard InChI is InChI=1S/C28H28N2O7/c1-3-35-24(31)22-21(17-10-12-19(34-2)13-11-17)28(23-20-9-5-4-8-18(20)16-29-30(22)23)25(32)36-27(37-26(28)33)14-6-7-15-27/h4-5,8-13,16,21-23H,3,6-7,14-15H2,1-2H3/t21-,22+,23?/m1/s1. The molecule has 4 aliphatic rings. The number of carbonyl (C=O) groups excluding carboxylic acids is 3. The van der Waals surface area contributed by atoms with E-state index in [1.165, 1.54) is 5.01 Å². The number of esters is 3. The van der Waals surface area contributed by atoms with Crippen LogP contribution >= 0.6 is 0 Å². The second kappa shape index (κ2) is 8.61. The highest BCUT2D eigenvalue weighted by Gasteiger charge is 2.76. The summed E-state index contributed by atoms with van der Waals surface area (Å²) < 4.78 is 22.9. The molecule has 1 saturated carbocycles. The van der Waals surface area contributed by atoms with Gasteiger partial charge in [-0.3, -0.25) is 14.6 Å². The predicted octanol–water partition coefficient (Wildman–Crippen LogP) is 3.47. The zero-order chi connectivity index (χ0) is 25.8. The van der Waals surface area contributed by atoms with E-state index in [9.17, 15) is 14.4 Å². The summed E-state index contributed by atoms with van der Waals surface area (Å²) in [6.07, 6.45) is 4.14. The highest BCUT2D eigenvalue weighted by Crippen LogP contribution is 2.63. The third kappa shape index (κ3) is 3.29. The van der Waals surface area contributed by atoms with Crippen molar-refractivity contribution in [2.75, 3.05) is 13.7 Å². The van der Waals surface area contributed by atoms with Gasteiger partial charge in [0.2, 0.25) is 5.41 Å². The largest absolute Gasteiger partial charge is 0.497 e. The van der Waals surface area contributed by atoms with E-state index in [2.05, 4.69) is 5.10 Å². The van der Waals surface area contributed by atoms with E-state index in [0.717, 1.165) is 18.4 Å². The minimum Gasteiger partial charge on any atom is -0.497 e. The van der Waals surface area contributed by atoms with Crippen LogP contribution in [0.2, 0.25) is 0 Å². The Labute approximate surface area is 214 Å². The molecule has 9 heteroatoms. The summed E-state index contributed by atoms with van der Waals surface area (Å²) in [5.74, 6) is -3.61. The fourth-order valence-corrected chi connectivity index (χ4v) is 6.41. The Kier molecular flexibility index (Phi) is 5.47. The number of hydrogen-bond acceptors (Lipinski definition) is 9. The van der Waals surface area contributed by atoms with Crippen LogP contribution in [0.25, 0.3) is 0 Å². The van der Waals surface area contributed by atoms with Gasteiger partial charge in [-0.1, -0.05) is 36.4 Å². The van der Waals surface area contributed by atoms with Crippen LogP contribution in [0.3, 0.4) is 0 Å². The summed E-state index contributed by atoms with van der Waals surface area (Å²) in [5, 5.41) is 6.13. The highest BCUT2D eigenvalue weighted by atomic mass is 16.7. The van der Waals surface area contributed by atoms with Gasteiger partial charge in [0.1, 0.15) is 11.8 Å². The molecule has 3 aliphatic heterocycles. The number of benzene rings is 2. The van der Waals surface area contributed by atoms with Gasteiger partial charge in [0.15, 0.2) is 6.04 Å². The average Bonchev–Trinajstić information content (AvgIpc) is 3.48. The Bertz CT molecular complexity index is 1260. The van der Waals surface area contributed by atoms with Gasteiger partial charge in [-0.2, -0.15) is 5.10 Å². The SMILES string of the molecule is CCOC(=O)[C@@H]1[C@@H](c2ccc(OC)cc2)C2(C(=O)OC3(CCCC3)OC2=O)C2c3ccccc3C=NN21. The lowest BCUT2D eigenvalue weighted by molar-refractivity contribution is -0.263. The van der Waals surface area contributed by atoms with Gasteiger partial charge in [-0.05, 0) is 48.6 Å².